The van der Waals surface area contributed by atoms with Gasteiger partial charge in [0, 0.05) is 7.11 Å². The number of aromatic nitrogens is 4. The fraction of sp³-hybridized carbons (Fsp3) is 0.545. The van der Waals surface area contributed by atoms with Crippen LogP contribution in [0.3, 0.4) is 0 Å². The number of hydrogen-bond acceptors (Lipinski definition) is 10. The van der Waals surface area contributed by atoms with E-state index in [0.717, 1.165) is 0 Å². The molecular weight excluding hydrogens is 329 g/mol. The van der Waals surface area contributed by atoms with Crippen molar-refractivity contribution in [1.82, 2.24) is 19.5 Å². The molecule has 2 aromatic rings. The smallest absolute Gasteiger partial charge is 0.386 e. The van der Waals surface area contributed by atoms with E-state index >= 15 is 0 Å². The molecule has 0 aromatic carbocycles. The highest BCUT2D eigenvalue weighted by molar-refractivity contribution is 7.48. The number of nitrogens with zero attached hydrogens (tertiary/aromatic N) is 4. The van der Waals surface area contributed by atoms with E-state index in [1.165, 1.54) is 24.3 Å². The first-order valence-corrected chi connectivity index (χ1v) is 8.24. The quantitative estimate of drug-likeness (QED) is 0.705. The summed E-state index contributed by atoms with van der Waals surface area (Å²) in [4.78, 5) is 12.1. The highest BCUT2D eigenvalue weighted by Crippen LogP contribution is 2.56. The van der Waals surface area contributed by atoms with Crippen LogP contribution < -0.4 is 5.73 Å². The van der Waals surface area contributed by atoms with Crippen molar-refractivity contribution in [1.29, 1.82) is 0 Å². The summed E-state index contributed by atoms with van der Waals surface area (Å²) in [5, 5.41) is 10.5. The number of fused-ring (bicyclic) bond motifs is 2. The second kappa shape index (κ2) is 5.20. The highest BCUT2D eigenvalue weighted by Gasteiger charge is 2.53. The number of anilines is 1. The first-order valence-electron chi connectivity index (χ1n) is 6.77. The molecule has 0 spiro atoms. The molecule has 4 heterocycles. The fourth-order valence-corrected chi connectivity index (χ4v) is 3.85. The van der Waals surface area contributed by atoms with Crippen LogP contribution in [0, 0.1) is 0 Å². The van der Waals surface area contributed by atoms with Gasteiger partial charge in [-0.25, -0.2) is 19.5 Å². The Morgan fingerprint density at radius 3 is 3.09 bits per heavy atom. The Bertz CT molecular complexity index is 798. The van der Waals surface area contributed by atoms with Crippen molar-refractivity contribution in [3.63, 3.8) is 0 Å². The predicted octanol–water partition coefficient (Wildman–Crippen LogP) is -0.163. The van der Waals surface area contributed by atoms with E-state index in [1.807, 2.05) is 0 Å². The minimum absolute atomic E-state index is 0.0207. The van der Waals surface area contributed by atoms with Gasteiger partial charge < -0.3 is 15.6 Å². The molecule has 0 saturated carbocycles. The summed E-state index contributed by atoms with van der Waals surface area (Å²) < 4.78 is 34.4. The summed E-state index contributed by atoms with van der Waals surface area (Å²) in [6.45, 7) is -0.0207. The lowest BCUT2D eigenvalue weighted by Crippen LogP contribution is -2.39. The zero-order valence-electron chi connectivity index (χ0n) is 12.0. The first-order chi connectivity index (χ1) is 11.0. The summed E-state index contributed by atoms with van der Waals surface area (Å²) in [6.07, 6.45) is -0.655. The molecule has 0 aliphatic carbocycles. The molecule has 4 rings (SSSR count). The number of nitrogens with two attached hydrogens (primary N) is 1. The lowest BCUT2D eigenvalue weighted by atomic mass is 10.1. The largest absolute Gasteiger partial charge is 0.475 e. The van der Waals surface area contributed by atoms with Crippen molar-refractivity contribution < 1.29 is 28.0 Å². The zero-order valence-corrected chi connectivity index (χ0v) is 12.9. The van der Waals surface area contributed by atoms with Crippen molar-refractivity contribution in [3.8, 4) is 0 Å². The van der Waals surface area contributed by atoms with Gasteiger partial charge in [0.1, 0.15) is 30.2 Å². The Morgan fingerprint density at radius 2 is 2.30 bits per heavy atom. The number of aliphatic hydroxyl groups is 1. The molecule has 5 atom stereocenters. The van der Waals surface area contributed by atoms with Crippen LogP contribution in [0.4, 0.5) is 5.82 Å². The number of ether oxygens (including phenoxy) is 1. The number of rotatable bonds is 2. The third-order valence-electron chi connectivity index (χ3n) is 3.84. The maximum Gasteiger partial charge on any atom is 0.475 e. The molecule has 23 heavy (non-hydrogen) atoms. The van der Waals surface area contributed by atoms with E-state index in [9.17, 15) is 9.67 Å². The minimum atomic E-state index is -3.67. The lowest BCUT2D eigenvalue weighted by molar-refractivity contribution is -0.0685. The second-order valence-corrected chi connectivity index (χ2v) is 6.86. The molecule has 2 saturated heterocycles. The monoisotopic (exact) mass is 343 g/mol. The van der Waals surface area contributed by atoms with E-state index in [1.54, 1.807) is 0 Å². The Morgan fingerprint density at radius 1 is 1.48 bits per heavy atom. The molecule has 124 valence electrons. The fourth-order valence-electron chi connectivity index (χ4n) is 2.71. The molecule has 3 N–H and O–H groups in total. The van der Waals surface area contributed by atoms with Crippen molar-refractivity contribution in [3.05, 3.63) is 12.7 Å². The number of phosphoric acid groups is 1. The number of phosphoric ester groups is 1. The Kier molecular flexibility index (Phi) is 3.38. The molecule has 0 bridgehead atoms. The summed E-state index contributed by atoms with van der Waals surface area (Å²) in [5.41, 5.74) is 6.56. The summed E-state index contributed by atoms with van der Waals surface area (Å²) in [6, 6.07) is 0. The molecule has 0 amide bonds. The SMILES string of the molecule is CO[P@@]1(=O)OCC2OC(n3cnc4c(N)ncnc43)C(O)C2O1. The van der Waals surface area contributed by atoms with Gasteiger partial charge in [-0.3, -0.25) is 18.1 Å². The van der Waals surface area contributed by atoms with Crippen molar-refractivity contribution >= 4 is 24.8 Å². The molecule has 0 radical (unpaired) electrons. The van der Waals surface area contributed by atoms with E-state index in [2.05, 4.69) is 15.0 Å². The van der Waals surface area contributed by atoms with Gasteiger partial charge >= 0.3 is 7.82 Å². The van der Waals surface area contributed by atoms with Gasteiger partial charge in [-0.05, 0) is 0 Å². The summed E-state index contributed by atoms with van der Waals surface area (Å²) in [5.74, 6) is 0.224. The van der Waals surface area contributed by atoms with Gasteiger partial charge in [-0.2, -0.15) is 0 Å². The Balaban J connectivity index is 1.68. The number of imidazole rings is 1. The van der Waals surface area contributed by atoms with Crippen molar-refractivity contribution in [2.45, 2.75) is 24.5 Å². The number of nitrogen functional groups attached to an aromatic ring is 1. The normalized spacial score (nSPS) is 37.1. The third kappa shape index (κ3) is 2.24. The molecule has 2 fully saturated rings. The van der Waals surface area contributed by atoms with E-state index < -0.39 is 32.4 Å². The van der Waals surface area contributed by atoms with Crippen molar-refractivity contribution in [2.24, 2.45) is 0 Å². The van der Waals surface area contributed by atoms with E-state index in [-0.39, 0.29) is 12.4 Å². The number of hydrogen-bond donors (Lipinski definition) is 2. The first kappa shape index (κ1) is 14.9. The van der Waals surface area contributed by atoms with Gasteiger partial charge in [-0.1, -0.05) is 0 Å². The van der Waals surface area contributed by atoms with Crippen LogP contribution in [0.1, 0.15) is 6.23 Å². The van der Waals surface area contributed by atoms with Crippen molar-refractivity contribution in [2.75, 3.05) is 19.5 Å². The maximum atomic E-state index is 12.1. The Labute approximate surface area is 130 Å². The standard InChI is InChI=1S/C11H14N5O6P/c1-19-23(18)20-2-5-8(22-23)7(17)11(21-5)16-4-15-6-9(12)13-3-14-10(6)16/h3-5,7-8,11,17H,2H2,1H3,(H2,12,13,14)/t5?,7?,8?,11?,23-/m0/s1. The predicted molar refractivity (Wildman–Crippen MR) is 75.1 cm³/mol. The van der Waals surface area contributed by atoms with Crippen LogP contribution in [0.2, 0.25) is 0 Å². The van der Waals surface area contributed by atoms with Crippen LogP contribution in [-0.2, 0) is 22.9 Å². The summed E-state index contributed by atoms with van der Waals surface area (Å²) in [7, 11) is -2.46. The average molecular weight is 343 g/mol. The van der Waals surface area contributed by atoms with Crippen LogP contribution in [-0.4, -0.2) is 56.7 Å². The molecule has 11 nitrogen and oxygen atoms in total. The maximum absolute atomic E-state index is 12.1. The highest BCUT2D eigenvalue weighted by atomic mass is 31.2. The topological polar surface area (TPSA) is 144 Å². The molecule has 4 unspecified atom stereocenters. The van der Waals surface area contributed by atoms with Crippen LogP contribution in [0.5, 0.6) is 0 Å². The minimum Gasteiger partial charge on any atom is -0.386 e. The van der Waals surface area contributed by atoms with Crippen LogP contribution >= 0.6 is 7.82 Å². The summed E-state index contributed by atoms with van der Waals surface area (Å²) >= 11 is 0. The van der Waals surface area contributed by atoms with Gasteiger partial charge in [0.25, 0.3) is 0 Å². The van der Waals surface area contributed by atoms with E-state index in [4.69, 9.17) is 24.0 Å². The molecular formula is C11H14N5O6P. The second-order valence-electron chi connectivity index (χ2n) is 5.13. The van der Waals surface area contributed by atoms with Gasteiger partial charge in [0.05, 0.1) is 12.9 Å². The average Bonchev–Trinajstić information content (AvgIpc) is 3.10. The molecule has 2 aromatic heterocycles. The molecule has 2 aliphatic heterocycles. The van der Waals surface area contributed by atoms with Gasteiger partial charge in [0.15, 0.2) is 17.7 Å². The van der Waals surface area contributed by atoms with Crippen LogP contribution in [0.15, 0.2) is 12.7 Å². The Hall–Kier alpha value is -1.62. The molecule has 2 aliphatic rings. The number of aliphatic hydroxyl groups excluding tert-OH is 1. The van der Waals surface area contributed by atoms with E-state index in [0.29, 0.717) is 11.2 Å². The van der Waals surface area contributed by atoms with Gasteiger partial charge in [0.2, 0.25) is 0 Å². The van der Waals surface area contributed by atoms with Gasteiger partial charge in [-0.15, -0.1) is 0 Å². The zero-order chi connectivity index (χ0) is 16.2. The lowest BCUT2D eigenvalue weighted by Gasteiger charge is -2.29. The third-order valence-corrected chi connectivity index (χ3v) is 5.26. The van der Waals surface area contributed by atoms with Crippen LogP contribution in [0.25, 0.3) is 11.2 Å². The molecule has 12 heteroatoms.